The number of carbonyl (C=O) groups excluding carboxylic acids is 2. The van der Waals surface area contributed by atoms with Crippen molar-refractivity contribution in [2.45, 2.75) is 33.9 Å². The molecule has 35 heavy (non-hydrogen) atoms. The lowest BCUT2D eigenvalue weighted by Crippen LogP contribution is -2.34. The van der Waals surface area contributed by atoms with Gasteiger partial charge in [0, 0.05) is 39.4 Å². The second-order valence-corrected chi connectivity index (χ2v) is 10.4. The van der Waals surface area contributed by atoms with Crippen LogP contribution in [0, 0.1) is 5.41 Å². The molecule has 184 valence electrons. The van der Waals surface area contributed by atoms with Crippen LogP contribution in [0.3, 0.4) is 0 Å². The van der Waals surface area contributed by atoms with Crippen LogP contribution in [-0.2, 0) is 17.9 Å². The van der Waals surface area contributed by atoms with E-state index in [2.05, 4.69) is 31.9 Å². The monoisotopic (exact) mass is 557 g/mol. The topological polar surface area (TPSA) is 79.5 Å². The fourth-order valence-corrected chi connectivity index (χ4v) is 3.69. The van der Waals surface area contributed by atoms with E-state index in [-0.39, 0.29) is 11.8 Å². The molecule has 0 atom stereocenters. The third kappa shape index (κ3) is 7.47. The highest BCUT2D eigenvalue weighted by Gasteiger charge is 2.20. The van der Waals surface area contributed by atoms with Gasteiger partial charge in [-0.15, -0.1) is 0 Å². The van der Waals surface area contributed by atoms with Crippen LogP contribution in [0.15, 0.2) is 65.1 Å². The number of amides is 2. The lowest BCUT2D eigenvalue weighted by molar-refractivity contribution is -0.128. The van der Waals surface area contributed by atoms with Crippen LogP contribution < -0.4 is 20.7 Å². The van der Waals surface area contributed by atoms with Crippen molar-refractivity contribution in [2.75, 3.05) is 17.7 Å². The normalized spacial score (nSPS) is 11.0. The average molecular weight is 559 g/mol. The minimum absolute atomic E-state index is 0.0145. The number of benzene rings is 3. The van der Waals surface area contributed by atoms with Crippen molar-refractivity contribution in [3.63, 3.8) is 0 Å². The van der Waals surface area contributed by atoms with Gasteiger partial charge in [-0.1, -0.05) is 60.4 Å². The van der Waals surface area contributed by atoms with Gasteiger partial charge >= 0.3 is 0 Å². The molecule has 0 unspecified atom stereocenters. The Morgan fingerprint density at radius 2 is 1.63 bits per heavy atom. The first-order valence-corrected chi connectivity index (χ1v) is 12.3. The first kappa shape index (κ1) is 26.6. The van der Waals surface area contributed by atoms with Gasteiger partial charge in [-0.2, -0.15) is 0 Å². The maximum absolute atomic E-state index is 12.9. The van der Waals surface area contributed by atoms with Crippen molar-refractivity contribution in [1.29, 1.82) is 0 Å². The average Bonchev–Trinajstić information content (AvgIpc) is 2.83. The summed E-state index contributed by atoms with van der Waals surface area (Å²) in [5.74, 6) is 0.182. The number of anilines is 2. The van der Waals surface area contributed by atoms with Gasteiger partial charge in [0.2, 0.25) is 5.91 Å². The molecular weight excluding hydrogens is 530 g/mol. The summed E-state index contributed by atoms with van der Waals surface area (Å²) >= 11 is 9.80. The number of carbonyl (C=O) groups is 2. The Balaban J connectivity index is 1.71. The second-order valence-electron chi connectivity index (χ2n) is 9.09. The van der Waals surface area contributed by atoms with Gasteiger partial charge in [0.1, 0.15) is 5.75 Å². The molecule has 3 aromatic carbocycles. The van der Waals surface area contributed by atoms with Crippen LogP contribution in [0.2, 0.25) is 5.02 Å². The van der Waals surface area contributed by atoms with Crippen LogP contribution in [-0.4, -0.2) is 18.9 Å². The van der Waals surface area contributed by atoms with Crippen molar-refractivity contribution in [1.82, 2.24) is 5.32 Å². The Bertz CT molecular complexity index is 1210. The van der Waals surface area contributed by atoms with E-state index in [0.29, 0.717) is 35.1 Å². The molecule has 0 fully saturated rings. The van der Waals surface area contributed by atoms with Crippen molar-refractivity contribution in [3.8, 4) is 5.75 Å². The highest BCUT2D eigenvalue weighted by atomic mass is 79.9. The van der Waals surface area contributed by atoms with Crippen molar-refractivity contribution in [2.24, 2.45) is 5.41 Å². The van der Waals surface area contributed by atoms with Gasteiger partial charge in [0.05, 0.1) is 12.7 Å². The highest BCUT2D eigenvalue weighted by Crippen LogP contribution is 2.26. The summed E-state index contributed by atoms with van der Waals surface area (Å²) in [6.07, 6.45) is 0. The molecule has 3 aromatic rings. The van der Waals surface area contributed by atoms with Crippen LogP contribution in [0.5, 0.6) is 5.75 Å². The Labute approximate surface area is 219 Å². The van der Waals surface area contributed by atoms with Crippen molar-refractivity contribution >= 4 is 50.7 Å². The predicted octanol–water partition coefficient (Wildman–Crippen LogP) is 6.64. The van der Waals surface area contributed by atoms with Crippen LogP contribution >= 0.6 is 27.5 Å². The molecule has 0 spiro atoms. The summed E-state index contributed by atoms with van der Waals surface area (Å²) in [5, 5.41) is 9.78. The first-order valence-electron chi connectivity index (χ1n) is 11.1. The van der Waals surface area contributed by atoms with E-state index in [9.17, 15) is 9.59 Å². The Kier molecular flexibility index (Phi) is 8.81. The SMILES string of the molecule is COc1ccc(NCc2cc(CNC(=O)C(C)(C)C)ccc2Cl)cc1C(=O)Nc1ccc(Br)cc1. The number of hydrogen-bond donors (Lipinski definition) is 3. The molecule has 3 rings (SSSR count). The Hall–Kier alpha value is -3.03. The van der Waals surface area contributed by atoms with Gasteiger partial charge < -0.3 is 20.7 Å². The smallest absolute Gasteiger partial charge is 0.259 e. The molecule has 0 heterocycles. The maximum Gasteiger partial charge on any atom is 0.259 e. The summed E-state index contributed by atoms with van der Waals surface area (Å²) in [6, 6.07) is 18.4. The van der Waals surface area contributed by atoms with Gasteiger partial charge in [-0.25, -0.2) is 0 Å². The second kappa shape index (κ2) is 11.6. The van der Waals surface area contributed by atoms with E-state index in [1.54, 1.807) is 12.1 Å². The lowest BCUT2D eigenvalue weighted by atomic mass is 9.95. The molecule has 0 saturated heterocycles. The van der Waals surface area contributed by atoms with E-state index in [0.717, 1.165) is 21.3 Å². The van der Waals surface area contributed by atoms with E-state index < -0.39 is 5.41 Å². The first-order chi connectivity index (χ1) is 16.6. The molecule has 0 aromatic heterocycles. The molecule has 0 aliphatic carbocycles. The highest BCUT2D eigenvalue weighted by molar-refractivity contribution is 9.10. The summed E-state index contributed by atoms with van der Waals surface area (Å²) in [7, 11) is 1.53. The van der Waals surface area contributed by atoms with Gasteiger partial charge in [-0.05, 0) is 59.7 Å². The zero-order chi connectivity index (χ0) is 25.6. The minimum Gasteiger partial charge on any atom is -0.496 e. The number of ether oxygens (including phenoxy) is 1. The van der Waals surface area contributed by atoms with E-state index >= 15 is 0 Å². The van der Waals surface area contributed by atoms with Gasteiger partial charge in [0.15, 0.2) is 0 Å². The molecule has 3 N–H and O–H groups in total. The number of nitrogens with one attached hydrogen (secondary N) is 3. The van der Waals surface area contributed by atoms with E-state index in [1.165, 1.54) is 7.11 Å². The molecule has 0 radical (unpaired) electrons. The van der Waals surface area contributed by atoms with E-state index in [1.807, 2.05) is 69.3 Å². The van der Waals surface area contributed by atoms with Crippen LogP contribution in [0.25, 0.3) is 0 Å². The molecule has 0 bridgehead atoms. The number of rotatable bonds is 8. The molecule has 2 amide bonds. The summed E-state index contributed by atoms with van der Waals surface area (Å²) in [6.45, 7) is 6.49. The number of hydrogen-bond acceptors (Lipinski definition) is 4. The molecular formula is C27H29BrClN3O3. The number of methoxy groups -OCH3 is 1. The maximum atomic E-state index is 12.9. The summed E-state index contributed by atoms with van der Waals surface area (Å²) < 4.78 is 6.32. The fraction of sp³-hybridized carbons (Fsp3) is 0.259. The molecule has 0 aliphatic rings. The third-order valence-corrected chi connectivity index (χ3v) is 6.17. The summed E-state index contributed by atoms with van der Waals surface area (Å²) in [4.78, 5) is 25.1. The van der Waals surface area contributed by atoms with Crippen LogP contribution in [0.1, 0.15) is 42.3 Å². The summed E-state index contributed by atoms with van der Waals surface area (Å²) in [5.41, 5.74) is 3.21. The Morgan fingerprint density at radius 1 is 0.943 bits per heavy atom. The van der Waals surface area contributed by atoms with Crippen LogP contribution in [0.4, 0.5) is 11.4 Å². The third-order valence-electron chi connectivity index (χ3n) is 5.27. The number of halogens is 2. The lowest BCUT2D eigenvalue weighted by Gasteiger charge is -2.18. The zero-order valence-electron chi connectivity index (χ0n) is 20.2. The van der Waals surface area contributed by atoms with Gasteiger partial charge in [-0.3, -0.25) is 9.59 Å². The van der Waals surface area contributed by atoms with Crippen molar-refractivity contribution < 1.29 is 14.3 Å². The van der Waals surface area contributed by atoms with Crippen molar-refractivity contribution in [3.05, 3.63) is 86.8 Å². The minimum atomic E-state index is -0.452. The predicted molar refractivity (Wildman–Crippen MR) is 145 cm³/mol. The Morgan fingerprint density at radius 3 is 2.29 bits per heavy atom. The standard InChI is InChI=1S/C27H29BrClN3O3/c1-27(2,3)26(34)31-15-17-5-11-23(29)18(13-17)16-30-21-10-12-24(35-4)22(14-21)25(33)32-20-8-6-19(28)7-9-20/h5-14,30H,15-16H2,1-4H3,(H,31,34)(H,32,33). The fourth-order valence-electron chi connectivity index (χ4n) is 3.25. The molecule has 8 heteroatoms. The molecule has 6 nitrogen and oxygen atoms in total. The molecule has 0 saturated carbocycles. The van der Waals surface area contributed by atoms with E-state index in [4.69, 9.17) is 16.3 Å². The largest absolute Gasteiger partial charge is 0.496 e. The zero-order valence-corrected chi connectivity index (χ0v) is 22.5. The quantitative estimate of drug-likeness (QED) is 0.290. The molecule has 0 aliphatic heterocycles. The van der Waals surface area contributed by atoms with Gasteiger partial charge in [0.25, 0.3) is 5.91 Å².